The molecule has 74 valence electrons. The average molecular weight is 206 g/mol. The fourth-order valence-electron chi connectivity index (χ4n) is 2.03. The number of carbonyl (C=O) groups is 1. The Labute approximate surface area is 88.9 Å². The molecule has 0 bridgehead atoms. The quantitative estimate of drug-likeness (QED) is 0.656. The van der Waals surface area contributed by atoms with E-state index in [1.165, 1.54) is 10.5 Å². The molecule has 2 rings (SSSR count). The number of hydrogen-bond acceptors (Lipinski definition) is 2. The number of rotatable bonds is 1. The van der Waals surface area contributed by atoms with Crippen LogP contribution in [0.3, 0.4) is 0 Å². The number of benzene rings is 1. The van der Waals surface area contributed by atoms with Crippen molar-refractivity contribution >= 4 is 18.0 Å². The number of fused-ring (bicyclic) bond motifs is 1. The van der Waals surface area contributed by atoms with Crippen LogP contribution in [0.4, 0.5) is 0 Å². The first-order chi connectivity index (χ1) is 6.65. The lowest BCUT2D eigenvalue weighted by Crippen LogP contribution is -2.24. The Bertz CT molecular complexity index is 369. The van der Waals surface area contributed by atoms with Crippen LogP contribution < -0.4 is 0 Å². The van der Waals surface area contributed by atoms with Gasteiger partial charge in [-0.25, -0.2) is 0 Å². The van der Waals surface area contributed by atoms with Gasteiger partial charge in [-0.1, -0.05) is 26.0 Å². The van der Waals surface area contributed by atoms with Crippen LogP contribution in [0.1, 0.15) is 36.2 Å². The normalized spacial score (nSPS) is 18.7. The second-order valence-corrected chi connectivity index (χ2v) is 5.46. The molecule has 0 saturated carbocycles. The van der Waals surface area contributed by atoms with Crippen molar-refractivity contribution in [3.05, 3.63) is 29.3 Å². The lowest BCUT2D eigenvalue weighted by molar-refractivity contribution is 0.112. The Morgan fingerprint density at radius 3 is 2.93 bits per heavy atom. The molecule has 0 atom stereocenters. The third-order valence-electron chi connectivity index (χ3n) is 2.85. The highest BCUT2D eigenvalue weighted by atomic mass is 32.2. The second-order valence-electron chi connectivity index (χ2n) is 4.32. The molecule has 1 heterocycles. The van der Waals surface area contributed by atoms with E-state index in [1.807, 2.05) is 23.9 Å². The van der Waals surface area contributed by atoms with E-state index >= 15 is 0 Å². The van der Waals surface area contributed by atoms with Gasteiger partial charge in [-0.2, -0.15) is 0 Å². The van der Waals surface area contributed by atoms with E-state index in [2.05, 4.69) is 19.9 Å². The fraction of sp³-hybridized carbons (Fsp3) is 0.417. The lowest BCUT2D eigenvalue weighted by Gasteiger charge is -2.33. The van der Waals surface area contributed by atoms with E-state index < -0.39 is 0 Å². The molecule has 0 spiro atoms. The van der Waals surface area contributed by atoms with Crippen molar-refractivity contribution < 1.29 is 4.79 Å². The zero-order chi connectivity index (χ0) is 10.2. The van der Waals surface area contributed by atoms with Gasteiger partial charge in [0.15, 0.2) is 0 Å². The van der Waals surface area contributed by atoms with Crippen molar-refractivity contribution in [1.82, 2.24) is 0 Å². The summed E-state index contributed by atoms with van der Waals surface area (Å²) in [6, 6.07) is 6.00. The molecule has 1 aliphatic heterocycles. The van der Waals surface area contributed by atoms with Crippen LogP contribution in [-0.4, -0.2) is 12.0 Å². The minimum atomic E-state index is 0.151. The predicted molar refractivity (Wildman–Crippen MR) is 60.2 cm³/mol. The molecule has 0 unspecified atom stereocenters. The highest BCUT2D eigenvalue weighted by Crippen LogP contribution is 2.42. The maximum Gasteiger partial charge on any atom is 0.150 e. The van der Waals surface area contributed by atoms with E-state index in [0.29, 0.717) is 0 Å². The first-order valence-electron chi connectivity index (χ1n) is 4.86. The third kappa shape index (κ3) is 1.48. The maximum absolute atomic E-state index is 11.0. The standard InChI is InChI=1S/C12H14OS/c1-12(2)6-7-14-10-5-3-4-9(8-13)11(10)12/h3-5,8H,6-7H2,1-2H3. The van der Waals surface area contributed by atoms with Gasteiger partial charge in [-0.3, -0.25) is 4.79 Å². The molecular weight excluding hydrogens is 192 g/mol. The first kappa shape index (κ1) is 9.78. The lowest BCUT2D eigenvalue weighted by atomic mass is 9.79. The van der Waals surface area contributed by atoms with Crippen LogP contribution in [0.5, 0.6) is 0 Å². The van der Waals surface area contributed by atoms with E-state index in [0.717, 1.165) is 24.0 Å². The van der Waals surface area contributed by atoms with Crippen LogP contribution in [0.2, 0.25) is 0 Å². The van der Waals surface area contributed by atoms with Crippen molar-refractivity contribution in [2.75, 3.05) is 5.75 Å². The van der Waals surface area contributed by atoms with E-state index in [1.54, 1.807) is 0 Å². The minimum absolute atomic E-state index is 0.151. The summed E-state index contributed by atoms with van der Waals surface area (Å²) in [4.78, 5) is 12.2. The smallest absolute Gasteiger partial charge is 0.150 e. The molecule has 0 aromatic heterocycles. The third-order valence-corrected chi connectivity index (χ3v) is 3.91. The molecule has 2 heteroatoms. The van der Waals surface area contributed by atoms with Crippen LogP contribution in [-0.2, 0) is 5.41 Å². The van der Waals surface area contributed by atoms with Gasteiger partial charge >= 0.3 is 0 Å². The largest absolute Gasteiger partial charge is 0.298 e. The average Bonchev–Trinajstić information content (AvgIpc) is 2.16. The summed E-state index contributed by atoms with van der Waals surface area (Å²) in [6.07, 6.45) is 2.13. The molecule has 0 N–H and O–H groups in total. The molecule has 1 aromatic carbocycles. The van der Waals surface area contributed by atoms with Crippen molar-refractivity contribution in [3.8, 4) is 0 Å². The predicted octanol–water partition coefficient (Wildman–Crippen LogP) is 3.27. The number of aldehydes is 1. The number of hydrogen-bond donors (Lipinski definition) is 0. The molecule has 1 aromatic rings. The zero-order valence-electron chi connectivity index (χ0n) is 8.54. The van der Waals surface area contributed by atoms with Gasteiger partial charge in [0.2, 0.25) is 0 Å². The van der Waals surface area contributed by atoms with E-state index in [4.69, 9.17) is 0 Å². The molecular formula is C12H14OS. The maximum atomic E-state index is 11.0. The van der Waals surface area contributed by atoms with Crippen molar-refractivity contribution in [3.63, 3.8) is 0 Å². The van der Waals surface area contributed by atoms with Crippen molar-refractivity contribution in [2.24, 2.45) is 0 Å². The van der Waals surface area contributed by atoms with Gasteiger partial charge in [0, 0.05) is 10.5 Å². The minimum Gasteiger partial charge on any atom is -0.298 e. The van der Waals surface area contributed by atoms with E-state index in [9.17, 15) is 4.79 Å². The highest BCUT2D eigenvalue weighted by molar-refractivity contribution is 7.99. The summed E-state index contributed by atoms with van der Waals surface area (Å²) in [5.41, 5.74) is 2.25. The second kappa shape index (κ2) is 3.43. The van der Waals surface area contributed by atoms with E-state index in [-0.39, 0.29) is 5.41 Å². The first-order valence-corrected chi connectivity index (χ1v) is 5.85. The van der Waals surface area contributed by atoms with Crippen LogP contribution in [0.15, 0.2) is 23.1 Å². The molecule has 0 radical (unpaired) electrons. The molecule has 1 nitrogen and oxygen atoms in total. The summed E-state index contributed by atoms with van der Waals surface area (Å²) < 4.78 is 0. The van der Waals surface area contributed by atoms with Gasteiger partial charge in [0.1, 0.15) is 6.29 Å². The highest BCUT2D eigenvalue weighted by Gasteiger charge is 2.29. The molecule has 0 aliphatic carbocycles. The van der Waals surface area contributed by atoms with Crippen LogP contribution >= 0.6 is 11.8 Å². The summed E-state index contributed by atoms with van der Waals surface area (Å²) in [5.74, 6) is 1.16. The monoisotopic (exact) mass is 206 g/mol. The SMILES string of the molecule is CC1(C)CCSc2cccc(C=O)c21. The number of carbonyl (C=O) groups excluding carboxylic acids is 1. The Balaban J connectivity index is 2.64. The van der Waals surface area contributed by atoms with Gasteiger partial charge in [0.05, 0.1) is 0 Å². The molecule has 14 heavy (non-hydrogen) atoms. The molecule has 1 aliphatic rings. The number of thioether (sulfide) groups is 1. The Hall–Kier alpha value is -0.760. The Morgan fingerprint density at radius 2 is 2.21 bits per heavy atom. The van der Waals surface area contributed by atoms with Gasteiger partial charge in [-0.05, 0) is 29.2 Å². The summed E-state index contributed by atoms with van der Waals surface area (Å²) in [7, 11) is 0. The molecule has 0 saturated heterocycles. The van der Waals surface area contributed by atoms with Crippen molar-refractivity contribution in [1.29, 1.82) is 0 Å². The molecule has 0 fully saturated rings. The van der Waals surface area contributed by atoms with Gasteiger partial charge in [0.25, 0.3) is 0 Å². The topological polar surface area (TPSA) is 17.1 Å². The Kier molecular flexibility index (Phi) is 2.40. The summed E-state index contributed by atoms with van der Waals surface area (Å²) in [6.45, 7) is 4.44. The summed E-state index contributed by atoms with van der Waals surface area (Å²) in [5, 5.41) is 0. The fourth-order valence-corrected chi connectivity index (χ4v) is 3.58. The van der Waals surface area contributed by atoms with Crippen LogP contribution in [0.25, 0.3) is 0 Å². The Morgan fingerprint density at radius 1 is 1.43 bits per heavy atom. The zero-order valence-corrected chi connectivity index (χ0v) is 9.36. The van der Waals surface area contributed by atoms with Crippen molar-refractivity contribution in [2.45, 2.75) is 30.6 Å². The molecule has 0 amide bonds. The summed E-state index contributed by atoms with van der Waals surface area (Å²) >= 11 is 1.86. The van der Waals surface area contributed by atoms with Gasteiger partial charge in [-0.15, -0.1) is 11.8 Å². The van der Waals surface area contributed by atoms with Crippen LogP contribution in [0, 0.1) is 0 Å². The van der Waals surface area contributed by atoms with Gasteiger partial charge < -0.3 is 0 Å².